The number of carbonyl (C=O) groups excluding carboxylic acids is 1. The van der Waals surface area contributed by atoms with Crippen LogP contribution in [0.3, 0.4) is 0 Å². The highest BCUT2D eigenvalue weighted by Gasteiger charge is 2.18. The van der Waals surface area contributed by atoms with Crippen LogP contribution in [0, 0.1) is 0 Å². The lowest BCUT2D eigenvalue weighted by molar-refractivity contribution is 0.101. The molecule has 0 aliphatic carbocycles. The second kappa shape index (κ2) is 6.73. The van der Waals surface area contributed by atoms with E-state index in [-0.39, 0.29) is 5.78 Å². The maximum absolute atomic E-state index is 11.7. The molecule has 1 aromatic carbocycles. The summed E-state index contributed by atoms with van der Waals surface area (Å²) < 4.78 is 2.02. The van der Waals surface area contributed by atoms with Crippen molar-refractivity contribution in [3.63, 3.8) is 0 Å². The first-order valence-electron chi connectivity index (χ1n) is 8.09. The number of carbonyl (C=O) groups is 1. The number of ketones is 1. The van der Waals surface area contributed by atoms with Crippen molar-refractivity contribution >= 4 is 22.2 Å². The first-order valence-corrected chi connectivity index (χ1v) is 8.09. The Hall–Kier alpha value is -2.21. The predicted molar refractivity (Wildman–Crippen MR) is 96.4 cm³/mol. The van der Waals surface area contributed by atoms with Crippen molar-refractivity contribution in [3.8, 4) is 0 Å². The van der Waals surface area contributed by atoms with Crippen LogP contribution in [-0.4, -0.2) is 47.4 Å². The van der Waals surface area contributed by atoms with Crippen LogP contribution in [0.1, 0.15) is 29.1 Å². The van der Waals surface area contributed by atoms with E-state index < -0.39 is 6.23 Å². The van der Waals surface area contributed by atoms with Gasteiger partial charge in [-0.1, -0.05) is 18.2 Å². The summed E-state index contributed by atoms with van der Waals surface area (Å²) in [5, 5.41) is 14.8. The van der Waals surface area contributed by atoms with Gasteiger partial charge >= 0.3 is 0 Å². The van der Waals surface area contributed by atoms with E-state index in [2.05, 4.69) is 10.2 Å². The van der Waals surface area contributed by atoms with E-state index in [1.807, 2.05) is 61.1 Å². The molecule has 3 rings (SSSR count). The van der Waals surface area contributed by atoms with Crippen molar-refractivity contribution in [1.29, 1.82) is 0 Å². The van der Waals surface area contributed by atoms with Gasteiger partial charge in [-0.15, -0.1) is 0 Å². The van der Waals surface area contributed by atoms with Crippen molar-refractivity contribution < 1.29 is 9.90 Å². The molecular weight excluding hydrogens is 302 g/mol. The highest BCUT2D eigenvalue weighted by molar-refractivity contribution is 6.00. The van der Waals surface area contributed by atoms with Crippen LogP contribution in [0.25, 0.3) is 16.4 Å². The lowest BCUT2D eigenvalue weighted by atomic mass is 10.1. The first kappa shape index (κ1) is 16.6. The summed E-state index contributed by atoms with van der Waals surface area (Å²) in [7, 11) is 4.00. The largest absolute Gasteiger partial charge is 0.374 e. The van der Waals surface area contributed by atoms with E-state index in [1.165, 1.54) is 0 Å². The lowest BCUT2D eigenvalue weighted by Crippen LogP contribution is -2.29. The van der Waals surface area contributed by atoms with Gasteiger partial charge < -0.3 is 14.4 Å². The molecule has 24 heavy (non-hydrogen) atoms. The van der Waals surface area contributed by atoms with Crippen molar-refractivity contribution in [1.82, 2.24) is 14.6 Å². The van der Waals surface area contributed by atoms with Gasteiger partial charge in [0.05, 0.1) is 11.0 Å². The number of nitrogens with zero attached hydrogens (tertiary/aromatic N) is 2. The maximum atomic E-state index is 11.7. The van der Waals surface area contributed by atoms with Crippen molar-refractivity contribution in [3.05, 3.63) is 53.7 Å². The van der Waals surface area contributed by atoms with Crippen LogP contribution in [0.2, 0.25) is 0 Å². The number of fused-ring (bicyclic) bond motifs is 3. The molecule has 2 aromatic heterocycles. The number of nitrogens with one attached hydrogen (secondary N) is 1. The number of aromatic nitrogens is 1. The Morgan fingerprint density at radius 3 is 2.75 bits per heavy atom. The summed E-state index contributed by atoms with van der Waals surface area (Å²) in [6.45, 7) is 3.09. The molecule has 0 fully saturated rings. The molecule has 0 bridgehead atoms. The zero-order valence-corrected chi connectivity index (χ0v) is 14.3. The summed E-state index contributed by atoms with van der Waals surface area (Å²) in [6.07, 6.45) is 1.19. The zero-order chi connectivity index (χ0) is 17.3. The number of benzene rings is 1. The number of aliphatic hydroxyl groups is 1. The van der Waals surface area contributed by atoms with Gasteiger partial charge in [-0.2, -0.15) is 0 Å². The minimum absolute atomic E-state index is 0.0361. The lowest BCUT2D eigenvalue weighted by Gasteiger charge is -2.15. The van der Waals surface area contributed by atoms with E-state index >= 15 is 0 Å². The molecule has 0 spiro atoms. The molecule has 3 aromatic rings. The van der Waals surface area contributed by atoms with Crippen LogP contribution in [-0.2, 0) is 0 Å². The summed E-state index contributed by atoms with van der Waals surface area (Å²) in [4.78, 5) is 13.8. The molecule has 0 aliphatic heterocycles. The summed E-state index contributed by atoms with van der Waals surface area (Å²) in [5.74, 6) is 0.0361. The first-order chi connectivity index (χ1) is 11.5. The summed E-state index contributed by atoms with van der Waals surface area (Å²) >= 11 is 0. The monoisotopic (exact) mass is 325 g/mol. The van der Waals surface area contributed by atoms with Gasteiger partial charge in [-0.3, -0.25) is 10.1 Å². The minimum atomic E-state index is -0.761. The van der Waals surface area contributed by atoms with Gasteiger partial charge in [-0.05, 0) is 39.2 Å². The Morgan fingerprint density at radius 1 is 1.25 bits per heavy atom. The second-order valence-corrected chi connectivity index (χ2v) is 6.32. The molecule has 126 valence electrons. The van der Waals surface area contributed by atoms with E-state index in [0.717, 1.165) is 28.5 Å². The van der Waals surface area contributed by atoms with Crippen LogP contribution >= 0.6 is 0 Å². The van der Waals surface area contributed by atoms with E-state index in [9.17, 15) is 9.90 Å². The highest BCUT2D eigenvalue weighted by Crippen LogP contribution is 2.31. The van der Waals surface area contributed by atoms with Crippen molar-refractivity contribution in [2.75, 3.05) is 27.2 Å². The smallest absolute Gasteiger partial charge is 0.159 e. The number of likely N-dealkylation sites (N-methyl/N-ethyl adjacent to an activating group) is 1. The fraction of sp³-hybridized carbons (Fsp3) is 0.316. The maximum Gasteiger partial charge on any atom is 0.159 e. The normalized spacial score (nSPS) is 13.0. The number of Topliss-reactive ketones (excluding diaryl/α,β-unsaturated/α-hetero) is 1. The average molecular weight is 325 g/mol. The topological polar surface area (TPSA) is 57.0 Å². The van der Waals surface area contributed by atoms with Crippen LogP contribution in [0.4, 0.5) is 0 Å². The number of hydrogen-bond acceptors (Lipinski definition) is 4. The van der Waals surface area contributed by atoms with Gasteiger partial charge in [0.15, 0.2) is 5.78 Å². The van der Waals surface area contributed by atoms with Gasteiger partial charge in [-0.25, -0.2) is 0 Å². The molecule has 1 unspecified atom stereocenters. The fourth-order valence-electron chi connectivity index (χ4n) is 3.00. The Kier molecular flexibility index (Phi) is 4.66. The van der Waals surface area contributed by atoms with E-state index in [1.54, 1.807) is 6.92 Å². The second-order valence-electron chi connectivity index (χ2n) is 6.32. The Bertz CT molecular complexity index is 883. The quantitative estimate of drug-likeness (QED) is 0.540. The molecular formula is C19H23N3O2. The summed E-state index contributed by atoms with van der Waals surface area (Å²) in [5.41, 5.74) is 3.40. The van der Waals surface area contributed by atoms with Gasteiger partial charge in [0, 0.05) is 35.8 Å². The highest BCUT2D eigenvalue weighted by atomic mass is 16.3. The molecule has 2 heterocycles. The molecule has 1 atom stereocenters. The molecule has 5 heteroatoms. The number of aliphatic hydroxyl groups excluding tert-OH is 1. The molecule has 0 radical (unpaired) electrons. The van der Waals surface area contributed by atoms with Crippen molar-refractivity contribution in [2.24, 2.45) is 0 Å². The van der Waals surface area contributed by atoms with Crippen molar-refractivity contribution in [2.45, 2.75) is 13.2 Å². The zero-order valence-electron chi connectivity index (χ0n) is 14.3. The van der Waals surface area contributed by atoms with E-state index in [0.29, 0.717) is 12.1 Å². The number of pyridine rings is 1. The van der Waals surface area contributed by atoms with Gasteiger partial charge in [0.25, 0.3) is 0 Å². The fourth-order valence-corrected chi connectivity index (χ4v) is 3.00. The van der Waals surface area contributed by atoms with Crippen LogP contribution in [0.5, 0.6) is 0 Å². The average Bonchev–Trinajstić information content (AvgIpc) is 2.88. The molecule has 0 saturated heterocycles. The molecule has 5 nitrogen and oxygen atoms in total. The standard InChI is InChI=1S/C19H23N3O2/c1-13(23)14-7-8-15-17(12-14)22-10-5-4-6-16(22)18(15)19(24)20-9-11-21(2)3/h4-8,10,12,19-20,24H,9,11H2,1-3H3. The molecule has 0 amide bonds. The van der Waals surface area contributed by atoms with Crippen LogP contribution < -0.4 is 5.32 Å². The third kappa shape index (κ3) is 3.06. The molecule has 0 saturated carbocycles. The van der Waals surface area contributed by atoms with E-state index in [4.69, 9.17) is 0 Å². The van der Waals surface area contributed by atoms with Gasteiger partial charge in [0.2, 0.25) is 0 Å². The predicted octanol–water partition coefficient (Wildman–Crippen LogP) is 2.44. The third-order valence-electron chi connectivity index (χ3n) is 4.26. The van der Waals surface area contributed by atoms with Gasteiger partial charge in [0.1, 0.15) is 6.23 Å². The Balaban J connectivity index is 2.09. The third-order valence-corrected chi connectivity index (χ3v) is 4.26. The minimum Gasteiger partial charge on any atom is -0.374 e. The van der Waals surface area contributed by atoms with Crippen LogP contribution in [0.15, 0.2) is 42.6 Å². The SMILES string of the molecule is CC(=O)c1ccc2c(C(O)NCCN(C)C)c3ccccn3c2c1. The summed E-state index contributed by atoms with van der Waals surface area (Å²) in [6, 6.07) is 11.5. The number of rotatable bonds is 6. The number of hydrogen-bond donors (Lipinski definition) is 2. The Labute approximate surface area is 141 Å². The molecule has 0 aliphatic rings. The Morgan fingerprint density at radius 2 is 2.04 bits per heavy atom. The molecule has 2 N–H and O–H groups in total.